The quantitative estimate of drug-likeness (QED) is 0.738. The van der Waals surface area contributed by atoms with Gasteiger partial charge in [-0.15, -0.1) is 0 Å². The Balaban J connectivity index is 2.73. The van der Waals surface area contributed by atoms with E-state index in [-0.39, 0.29) is 18.4 Å². The molecule has 0 aromatic carbocycles. The molecule has 6 heteroatoms. The van der Waals surface area contributed by atoms with Crippen molar-refractivity contribution in [1.29, 1.82) is 0 Å². The third kappa shape index (κ3) is 3.54. The zero-order valence-corrected chi connectivity index (χ0v) is 9.70. The number of rotatable bonds is 4. The summed E-state index contributed by atoms with van der Waals surface area (Å²) in [5.41, 5.74) is 0.616. The van der Waals surface area contributed by atoms with E-state index in [0.717, 1.165) is 0 Å². The third-order valence-corrected chi connectivity index (χ3v) is 4.16. The van der Waals surface area contributed by atoms with E-state index >= 15 is 0 Å². The summed E-state index contributed by atoms with van der Waals surface area (Å²) in [7, 11) is -0.539. The van der Waals surface area contributed by atoms with Gasteiger partial charge in [0.2, 0.25) is 0 Å². The zero-order chi connectivity index (χ0) is 11.5. The third-order valence-electron chi connectivity index (χ3n) is 2.25. The Bertz CT molecular complexity index is 314. The van der Waals surface area contributed by atoms with E-state index in [2.05, 4.69) is 0 Å². The fourth-order valence-electron chi connectivity index (χ4n) is 1.52. The lowest BCUT2D eigenvalue weighted by molar-refractivity contribution is -0.116. The average molecular weight is 234 g/mol. The van der Waals surface area contributed by atoms with Gasteiger partial charge in [-0.25, -0.2) is 0 Å². The van der Waals surface area contributed by atoms with Gasteiger partial charge in [0.25, 0.3) is 0 Å². The second-order valence-electron chi connectivity index (χ2n) is 3.47. The van der Waals surface area contributed by atoms with E-state index in [1.807, 2.05) is 0 Å². The van der Waals surface area contributed by atoms with Gasteiger partial charge in [-0.1, -0.05) is 5.57 Å². The summed E-state index contributed by atoms with van der Waals surface area (Å²) in [6.07, 6.45) is 1.27. The molecule has 0 fully saturated rings. The zero-order valence-electron chi connectivity index (χ0n) is 8.80. The molecule has 1 aliphatic rings. The predicted octanol–water partition coefficient (Wildman–Crippen LogP) is 1.12. The van der Waals surface area contributed by atoms with Gasteiger partial charge in [0.05, 0.1) is 12.3 Å². The minimum absolute atomic E-state index is 0.0583. The lowest BCUT2D eigenvalue weighted by Gasteiger charge is -2.20. The van der Waals surface area contributed by atoms with Gasteiger partial charge in [-0.3, -0.25) is 9.36 Å². The summed E-state index contributed by atoms with van der Waals surface area (Å²) in [5.74, 6) is -0.150. The smallest absolute Gasteiger partial charge is 0.334 e. The standard InChI is InChI=1S/C9H15O5P/c1-13-15(12,14-2)6-7-3-8(10)5-9(11)4-7/h3,9,11H,4-6H2,1-2H3/t9-/m0/s1. The molecular formula is C9H15O5P. The molecule has 0 aliphatic heterocycles. The first-order valence-corrected chi connectivity index (χ1v) is 6.33. The van der Waals surface area contributed by atoms with Crippen LogP contribution in [0.3, 0.4) is 0 Å². The summed E-state index contributed by atoms with van der Waals surface area (Å²) in [4.78, 5) is 11.1. The number of aliphatic hydroxyl groups excluding tert-OH is 1. The second-order valence-corrected chi connectivity index (χ2v) is 5.73. The highest BCUT2D eigenvalue weighted by molar-refractivity contribution is 7.54. The molecule has 1 atom stereocenters. The van der Waals surface area contributed by atoms with Crippen molar-refractivity contribution in [3.8, 4) is 0 Å². The van der Waals surface area contributed by atoms with Gasteiger partial charge in [-0.2, -0.15) is 0 Å². The number of allylic oxidation sites excluding steroid dienone is 1. The number of hydrogen-bond donors (Lipinski definition) is 1. The summed E-state index contributed by atoms with van der Waals surface area (Å²) < 4.78 is 21.3. The Morgan fingerprint density at radius 1 is 1.47 bits per heavy atom. The first-order chi connectivity index (χ1) is 6.99. The van der Waals surface area contributed by atoms with Crippen molar-refractivity contribution in [2.45, 2.75) is 18.9 Å². The molecule has 86 valence electrons. The molecule has 1 N–H and O–H groups in total. The molecule has 1 rings (SSSR count). The average Bonchev–Trinajstić information content (AvgIpc) is 2.16. The fraction of sp³-hybridized carbons (Fsp3) is 0.667. The van der Waals surface area contributed by atoms with Gasteiger partial charge in [0, 0.05) is 20.6 Å². The van der Waals surface area contributed by atoms with E-state index in [9.17, 15) is 14.5 Å². The summed E-state index contributed by atoms with van der Waals surface area (Å²) in [5, 5.41) is 9.36. The first kappa shape index (κ1) is 12.6. The summed E-state index contributed by atoms with van der Waals surface area (Å²) >= 11 is 0. The molecular weight excluding hydrogens is 219 g/mol. The van der Waals surface area contributed by atoms with Gasteiger partial charge in [-0.05, 0) is 12.5 Å². The van der Waals surface area contributed by atoms with Gasteiger partial charge < -0.3 is 14.2 Å². The first-order valence-electron chi connectivity index (χ1n) is 4.60. The minimum atomic E-state index is -3.13. The summed E-state index contributed by atoms with van der Waals surface area (Å²) in [6, 6.07) is 0. The van der Waals surface area contributed by atoms with Crippen molar-refractivity contribution in [2.24, 2.45) is 0 Å². The molecule has 0 aromatic heterocycles. The van der Waals surface area contributed by atoms with E-state index in [1.165, 1.54) is 20.3 Å². The number of hydrogen-bond acceptors (Lipinski definition) is 5. The monoisotopic (exact) mass is 234 g/mol. The van der Waals surface area contributed by atoms with Crippen LogP contribution in [0.4, 0.5) is 0 Å². The second kappa shape index (κ2) is 5.03. The minimum Gasteiger partial charge on any atom is -0.392 e. The molecule has 1 aliphatic carbocycles. The van der Waals surface area contributed by atoms with E-state index in [0.29, 0.717) is 12.0 Å². The van der Waals surface area contributed by atoms with E-state index < -0.39 is 13.7 Å². The molecule has 15 heavy (non-hydrogen) atoms. The van der Waals surface area contributed by atoms with Crippen molar-refractivity contribution >= 4 is 13.4 Å². The molecule has 0 saturated carbocycles. The molecule has 0 heterocycles. The normalized spacial score (nSPS) is 22.7. The number of carbonyl (C=O) groups is 1. The number of ketones is 1. The Morgan fingerprint density at radius 2 is 2.07 bits per heavy atom. The molecule has 0 aromatic rings. The van der Waals surface area contributed by atoms with Crippen molar-refractivity contribution in [3.63, 3.8) is 0 Å². The highest BCUT2D eigenvalue weighted by Crippen LogP contribution is 2.48. The Morgan fingerprint density at radius 3 is 2.53 bits per heavy atom. The molecule has 0 saturated heterocycles. The molecule has 5 nitrogen and oxygen atoms in total. The largest absolute Gasteiger partial charge is 0.392 e. The van der Waals surface area contributed by atoms with Gasteiger partial charge >= 0.3 is 7.60 Å². The van der Waals surface area contributed by atoms with Gasteiger partial charge in [0.15, 0.2) is 5.78 Å². The van der Waals surface area contributed by atoms with Crippen LogP contribution < -0.4 is 0 Å². The van der Waals surface area contributed by atoms with Crippen LogP contribution in [-0.4, -0.2) is 37.4 Å². The lowest BCUT2D eigenvalue weighted by atomic mass is 9.97. The maximum absolute atomic E-state index is 11.8. The van der Waals surface area contributed by atoms with Crippen molar-refractivity contribution < 1.29 is 23.5 Å². The number of aliphatic hydroxyl groups is 1. The Hall–Kier alpha value is -0.480. The van der Waals surface area contributed by atoms with Crippen LogP contribution in [0.5, 0.6) is 0 Å². The molecule has 0 unspecified atom stereocenters. The van der Waals surface area contributed by atoms with Crippen LogP contribution >= 0.6 is 7.60 Å². The summed E-state index contributed by atoms with van der Waals surface area (Å²) in [6.45, 7) is 0. The van der Waals surface area contributed by atoms with E-state index in [1.54, 1.807) is 0 Å². The molecule has 0 bridgehead atoms. The Kier molecular flexibility index (Phi) is 4.22. The molecule has 0 spiro atoms. The topological polar surface area (TPSA) is 72.8 Å². The van der Waals surface area contributed by atoms with Crippen molar-refractivity contribution in [2.75, 3.05) is 20.4 Å². The van der Waals surface area contributed by atoms with Gasteiger partial charge in [0.1, 0.15) is 0 Å². The van der Waals surface area contributed by atoms with Crippen LogP contribution in [-0.2, 0) is 18.4 Å². The highest BCUT2D eigenvalue weighted by atomic mass is 31.2. The van der Waals surface area contributed by atoms with Crippen LogP contribution in [0.2, 0.25) is 0 Å². The fourth-order valence-corrected chi connectivity index (χ4v) is 2.64. The van der Waals surface area contributed by atoms with Crippen LogP contribution in [0.25, 0.3) is 0 Å². The van der Waals surface area contributed by atoms with E-state index in [4.69, 9.17) is 9.05 Å². The van der Waals surface area contributed by atoms with Crippen LogP contribution in [0, 0.1) is 0 Å². The number of carbonyl (C=O) groups excluding carboxylic acids is 1. The maximum Gasteiger partial charge on any atom is 0.334 e. The SMILES string of the molecule is COP(=O)(CC1=CC(=O)C[C@@H](O)C1)OC. The van der Waals surface area contributed by atoms with Crippen molar-refractivity contribution in [1.82, 2.24) is 0 Å². The Labute approximate surface area is 88.6 Å². The van der Waals surface area contributed by atoms with Crippen molar-refractivity contribution in [3.05, 3.63) is 11.6 Å². The lowest BCUT2D eigenvalue weighted by Crippen LogP contribution is -2.20. The molecule has 0 amide bonds. The van der Waals surface area contributed by atoms with Crippen LogP contribution in [0.15, 0.2) is 11.6 Å². The maximum atomic E-state index is 11.8. The highest BCUT2D eigenvalue weighted by Gasteiger charge is 2.27. The predicted molar refractivity (Wildman–Crippen MR) is 54.8 cm³/mol. The molecule has 0 radical (unpaired) electrons. The van der Waals surface area contributed by atoms with Crippen LogP contribution in [0.1, 0.15) is 12.8 Å².